The molecule has 0 saturated carbocycles. The van der Waals surface area contributed by atoms with Crippen LogP contribution in [0.1, 0.15) is 16.7 Å². The van der Waals surface area contributed by atoms with Crippen LogP contribution in [0.2, 0.25) is 5.02 Å². The third kappa shape index (κ3) is 2.93. The van der Waals surface area contributed by atoms with Gasteiger partial charge in [0.2, 0.25) is 0 Å². The first-order valence-corrected chi connectivity index (χ1v) is 5.04. The summed E-state index contributed by atoms with van der Waals surface area (Å²) in [5.41, 5.74) is -1.89. The second kappa shape index (κ2) is 5.27. The van der Waals surface area contributed by atoms with E-state index in [9.17, 15) is 18.0 Å². The lowest BCUT2D eigenvalue weighted by Crippen LogP contribution is -2.15. The quantitative estimate of drug-likeness (QED) is 0.781. The van der Waals surface area contributed by atoms with Gasteiger partial charge in [-0.3, -0.25) is 4.79 Å². The van der Waals surface area contributed by atoms with Gasteiger partial charge in [0.15, 0.2) is 0 Å². The highest BCUT2D eigenvalue weighted by atomic mass is 35.5. The Bertz CT molecular complexity index is 520. The van der Waals surface area contributed by atoms with E-state index in [2.05, 4.69) is 4.74 Å². The maximum absolute atomic E-state index is 12.8. The molecule has 18 heavy (non-hydrogen) atoms. The normalized spacial score (nSPS) is 10.9. The van der Waals surface area contributed by atoms with E-state index in [1.165, 1.54) is 0 Å². The minimum Gasteiger partial charge on any atom is -0.469 e. The number of benzene rings is 1. The summed E-state index contributed by atoms with van der Waals surface area (Å²) in [6.07, 6.45) is -5.40. The van der Waals surface area contributed by atoms with Gasteiger partial charge in [0, 0.05) is 0 Å². The fraction of sp³-hybridized carbons (Fsp3) is 0.273. The number of nitriles is 1. The summed E-state index contributed by atoms with van der Waals surface area (Å²) in [7, 11) is 1.05. The van der Waals surface area contributed by atoms with Crippen LogP contribution in [-0.4, -0.2) is 13.1 Å². The van der Waals surface area contributed by atoms with Gasteiger partial charge in [0.1, 0.15) is 0 Å². The molecule has 0 saturated heterocycles. The van der Waals surface area contributed by atoms with E-state index in [0.29, 0.717) is 0 Å². The molecule has 3 nitrogen and oxygen atoms in total. The van der Waals surface area contributed by atoms with Crippen molar-refractivity contribution in [1.82, 2.24) is 0 Å². The first kappa shape index (κ1) is 14.3. The summed E-state index contributed by atoms with van der Waals surface area (Å²) >= 11 is 5.49. The Morgan fingerprint density at radius 1 is 1.50 bits per heavy atom. The standard InChI is InChI=1S/C11H7ClF3NO2/c1-18-9(17)4-7-6(5-16)2-3-8(12)10(7)11(13,14)15/h2-3H,4H2,1H3. The Kier molecular flexibility index (Phi) is 4.19. The van der Waals surface area contributed by atoms with Crippen LogP contribution in [-0.2, 0) is 22.1 Å². The van der Waals surface area contributed by atoms with Crippen molar-refractivity contribution in [2.45, 2.75) is 12.6 Å². The lowest BCUT2D eigenvalue weighted by Gasteiger charge is -2.15. The van der Waals surface area contributed by atoms with Crippen LogP contribution in [0, 0.1) is 11.3 Å². The fourth-order valence-electron chi connectivity index (χ4n) is 1.43. The molecular formula is C11H7ClF3NO2. The largest absolute Gasteiger partial charge is 0.469 e. The Hall–Kier alpha value is -1.74. The molecule has 0 bridgehead atoms. The molecule has 1 rings (SSSR count). The van der Waals surface area contributed by atoms with E-state index in [1.54, 1.807) is 6.07 Å². The highest BCUT2D eigenvalue weighted by Crippen LogP contribution is 2.38. The molecule has 0 aliphatic carbocycles. The van der Waals surface area contributed by atoms with Gasteiger partial charge >= 0.3 is 12.1 Å². The summed E-state index contributed by atoms with van der Waals surface area (Å²) in [4.78, 5) is 11.1. The van der Waals surface area contributed by atoms with Crippen LogP contribution >= 0.6 is 11.6 Å². The zero-order valence-corrected chi connectivity index (χ0v) is 9.89. The minimum atomic E-state index is -4.74. The molecule has 0 N–H and O–H groups in total. The monoisotopic (exact) mass is 277 g/mol. The molecule has 7 heteroatoms. The second-order valence-electron chi connectivity index (χ2n) is 3.31. The number of hydrogen-bond acceptors (Lipinski definition) is 3. The van der Waals surface area contributed by atoms with Crippen molar-refractivity contribution in [3.63, 3.8) is 0 Å². The maximum Gasteiger partial charge on any atom is 0.418 e. The van der Waals surface area contributed by atoms with Gasteiger partial charge in [-0.1, -0.05) is 11.6 Å². The number of nitrogens with zero attached hydrogens (tertiary/aromatic N) is 1. The average Bonchev–Trinajstić information content (AvgIpc) is 2.27. The lowest BCUT2D eigenvalue weighted by atomic mass is 9.98. The van der Waals surface area contributed by atoms with Crippen molar-refractivity contribution in [3.05, 3.63) is 33.8 Å². The molecule has 0 atom stereocenters. The van der Waals surface area contributed by atoms with E-state index in [1.807, 2.05) is 0 Å². The predicted octanol–water partition coefficient (Wildman–Crippen LogP) is 2.95. The van der Waals surface area contributed by atoms with Gasteiger partial charge in [-0.15, -0.1) is 0 Å². The number of alkyl halides is 3. The van der Waals surface area contributed by atoms with Crippen LogP contribution < -0.4 is 0 Å². The van der Waals surface area contributed by atoms with Crippen molar-refractivity contribution >= 4 is 17.6 Å². The number of methoxy groups -OCH3 is 1. The van der Waals surface area contributed by atoms with E-state index in [4.69, 9.17) is 16.9 Å². The predicted molar refractivity (Wildman–Crippen MR) is 56.9 cm³/mol. The van der Waals surface area contributed by atoms with E-state index >= 15 is 0 Å². The molecule has 0 spiro atoms. The number of rotatable bonds is 2. The molecule has 0 radical (unpaired) electrons. The van der Waals surface area contributed by atoms with Crippen LogP contribution in [0.3, 0.4) is 0 Å². The summed E-state index contributed by atoms with van der Waals surface area (Å²) in [6, 6.07) is 3.71. The Labute approximate surface area is 106 Å². The molecule has 0 fully saturated rings. The van der Waals surface area contributed by atoms with Gasteiger partial charge in [-0.2, -0.15) is 18.4 Å². The Morgan fingerprint density at radius 3 is 2.56 bits per heavy atom. The molecule has 96 valence electrons. The molecule has 0 heterocycles. The number of carbonyl (C=O) groups is 1. The van der Waals surface area contributed by atoms with E-state index in [-0.39, 0.29) is 5.56 Å². The molecule has 0 aliphatic rings. The maximum atomic E-state index is 12.8. The van der Waals surface area contributed by atoms with Crippen LogP contribution in [0.5, 0.6) is 0 Å². The second-order valence-corrected chi connectivity index (χ2v) is 3.72. The molecule has 0 amide bonds. The molecule has 0 aliphatic heterocycles. The van der Waals surface area contributed by atoms with Crippen molar-refractivity contribution in [2.75, 3.05) is 7.11 Å². The van der Waals surface area contributed by atoms with Crippen molar-refractivity contribution in [2.24, 2.45) is 0 Å². The summed E-state index contributed by atoms with van der Waals surface area (Å²) in [5.74, 6) is -0.876. The van der Waals surface area contributed by atoms with Crippen LogP contribution in [0.4, 0.5) is 13.2 Å². The first-order chi connectivity index (χ1) is 8.31. The summed E-state index contributed by atoms with van der Waals surface area (Å²) in [6.45, 7) is 0. The van der Waals surface area contributed by atoms with Gasteiger partial charge in [-0.05, 0) is 17.7 Å². The SMILES string of the molecule is COC(=O)Cc1c(C#N)ccc(Cl)c1C(F)(F)F. The highest BCUT2D eigenvalue weighted by Gasteiger charge is 2.37. The number of esters is 1. The van der Waals surface area contributed by atoms with Crippen LogP contribution in [0.15, 0.2) is 12.1 Å². The van der Waals surface area contributed by atoms with Crippen molar-refractivity contribution in [3.8, 4) is 6.07 Å². The molecular weight excluding hydrogens is 271 g/mol. The van der Waals surface area contributed by atoms with Gasteiger partial charge in [-0.25, -0.2) is 0 Å². The number of hydrogen-bond donors (Lipinski definition) is 0. The zero-order chi connectivity index (χ0) is 13.9. The third-order valence-electron chi connectivity index (χ3n) is 2.21. The van der Waals surface area contributed by atoms with Crippen LogP contribution in [0.25, 0.3) is 0 Å². The third-order valence-corrected chi connectivity index (χ3v) is 2.53. The average molecular weight is 278 g/mol. The lowest BCUT2D eigenvalue weighted by molar-refractivity contribution is -0.141. The molecule has 1 aromatic rings. The summed E-state index contributed by atoms with van der Waals surface area (Å²) in [5, 5.41) is 8.22. The van der Waals surface area contributed by atoms with E-state index in [0.717, 1.165) is 19.2 Å². The topological polar surface area (TPSA) is 50.1 Å². The van der Waals surface area contributed by atoms with Gasteiger partial charge < -0.3 is 4.74 Å². The smallest absolute Gasteiger partial charge is 0.418 e. The van der Waals surface area contributed by atoms with Gasteiger partial charge in [0.05, 0.1) is 35.7 Å². The zero-order valence-electron chi connectivity index (χ0n) is 9.14. The first-order valence-electron chi connectivity index (χ1n) is 4.66. The highest BCUT2D eigenvalue weighted by molar-refractivity contribution is 6.31. The number of ether oxygens (including phenoxy) is 1. The van der Waals surface area contributed by atoms with Gasteiger partial charge in [0.25, 0.3) is 0 Å². The minimum absolute atomic E-state index is 0.253. The molecule has 0 aromatic heterocycles. The fourth-order valence-corrected chi connectivity index (χ4v) is 1.71. The Morgan fingerprint density at radius 2 is 2.11 bits per heavy atom. The van der Waals surface area contributed by atoms with E-state index < -0.39 is 34.7 Å². The number of carbonyl (C=O) groups excluding carboxylic acids is 1. The van der Waals surface area contributed by atoms with Crippen molar-refractivity contribution < 1.29 is 22.7 Å². The Balaban J connectivity index is 3.48. The van der Waals surface area contributed by atoms with Crippen molar-refractivity contribution in [1.29, 1.82) is 5.26 Å². The molecule has 0 unspecified atom stereocenters. The summed E-state index contributed by atoms with van der Waals surface area (Å²) < 4.78 is 42.8. The number of halogens is 4. The molecule has 1 aromatic carbocycles.